The van der Waals surface area contributed by atoms with E-state index in [-0.39, 0.29) is 24.1 Å². The van der Waals surface area contributed by atoms with Crippen molar-refractivity contribution in [2.45, 2.75) is 19.1 Å². The molecule has 36 heavy (non-hydrogen) atoms. The van der Waals surface area contributed by atoms with Crippen molar-refractivity contribution in [3.63, 3.8) is 0 Å². The Balaban J connectivity index is 1.41. The molecule has 3 aromatic carbocycles. The molecule has 0 fully saturated rings. The SMILES string of the molecule is C[C@@H](CNC(=O)Nc1ccc(C(F)(F)F)cc1F)Nc1nnc(-c2ccc(F)cc2)c2ccccc12. The molecule has 0 aliphatic heterocycles. The number of hydrogen-bond acceptors (Lipinski definition) is 4. The smallest absolute Gasteiger partial charge is 0.364 e. The Morgan fingerprint density at radius 2 is 1.64 bits per heavy atom. The summed E-state index contributed by atoms with van der Waals surface area (Å²) in [4.78, 5) is 12.1. The fraction of sp³-hybridized carbons (Fsp3) is 0.160. The number of urea groups is 1. The van der Waals surface area contributed by atoms with Gasteiger partial charge in [0.15, 0.2) is 5.82 Å². The predicted octanol–water partition coefficient (Wildman–Crippen LogP) is 6.22. The third-order valence-corrected chi connectivity index (χ3v) is 5.30. The number of alkyl halides is 3. The molecule has 0 spiro atoms. The van der Waals surface area contributed by atoms with E-state index in [1.807, 2.05) is 24.3 Å². The van der Waals surface area contributed by atoms with Gasteiger partial charge in [0.05, 0.1) is 11.3 Å². The fourth-order valence-electron chi connectivity index (χ4n) is 3.52. The van der Waals surface area contributed by atoms with Crippen LogP contribution in [0.1, 0.15) is 12.5 Å². The van der Waals surface area contributed by atoms with Crippen LogP contribution < -0.4 is 16.0 Å². The van der Waals surface area contributed by atoms with Gasteiger partial charge in [0.1, 0.15) is 17.3 Å². The average Bonchev–Trinajstić information content (AvgIpc) is 2.84. The summed E-state index contributed by atoms with van der Waals surface area (Å²) in [6.07, 6.45) is -4.69. The molecule has 3 N–H and O–H groups in total. The van der Waals surface area contributed by atoms with E-state index in [9.17, 15) is 26.7 Å². The van der Waals surface area contributed by atoms with Crippen LogP contribution in [0.15, 0.2) is 66.7 Å². The van der Waals surface area contributed by atoms with Gasteiger partial charge < -0.3 is 16.0 Å². The van der Waals surface area contributed by atoms with Crippen LogP contribution in [0.2, 0.25) is 0 Å². The van der Waals surface area contributed by atoms with Gasteiger partial charge in [0.2, 0.25) is 0 Å². The maximum atomic E-state index is 14.0. The Kier molecular flexibility index (Phi) is 7.00. The van der Waals surface area contributed by atoms with Crippen LogP contribution in [0.3, 0.4) is 0 Å². The number of carbonyl (C=O) groups excluding carboxylic acids is 1. The Bertz CT molecular complexity index is 1390. The van der Waals surface area contributed by atoms with Crippen LogP contribution in [0.5, 0.6) is 0 Å². The van der Waals surface area contributed by atoms with Crippen molar-refractivity contribution < 1.29 is 26.7 Å². The average molecular weight is 501 g/mol. The molecule has 1 atom stereocenters. The molecule has 0 aliphatic rings. The van der Waals surface area contributed by atoms with Gasteiger partial charge in [-0.2, -0.15) is 13.2 Å². The molecule has 11 heteroatoms. The Morgan fingerprint density at radius 3 is 2.31 bits per heavy atom. The second kappa shape index (κ2) is 10.1. The molecule has 6 nitrogen and oxygen atoms in total. The van der Waals surface area contributed by atoms with Crippen molar-refractivity contribution >= 4 is 28.3 Å². The van der Waals surface area contributed by atoms with Gasteiger partial charge in [-0.05, 0) is 49.4 Å². The summed E-state index contributed by atoms with van der Waals surface area (Å²) in [6, 6.07) is 14.0. The van der Waals surface area contributed by atoms with Gasteiger partial charge in [0, 0.05) is 28.9 Å². The number of benzene rings is 3. The molecule has 0 radical (unpaired) electrons. The van der Waals surface area contributed by atoms with E-state index >= 15 is 0 Å². The number of halogens is 5. The number of nitrogens with zero attached hydrogens (tertiary/aromatic N) is 2. The van der Waals surface area contributed by atoms with Crippen LogP contribution in [0, 0.1) is 11.6 Å². The number of anilines is 2. The van der Waals surface area contributed by atoms with E-state index in [0.29, 0.717) is 29.2 Å². The molecule has 4 aromatic rings. The van der Waals surface area contributed by atoms with E-state index in [1.54, 1.807) is 19.1 Å². The lowest BCUT2D eigenvalue weighted by molar-refractivity contribution is -0.137. The van der Waals surface area contributed by atoms with Gasteiger partial charge in [-0.1, -0.05) is 24.3 Å². The Labute approximate surface area is 202 Å². The lowest BCUT2D eigenvalue weighted by Crippen LogP contribution is -2.37. The first-order chi connectivity index (χ1) is 17.1. The summed E-state index contributed by atoms with van der Waals surface area (Å²) >= 11 is 0. The number of hydrogen-bond donors (Lipinski definition) is 3. The second-order valence-corrected chi connectivity index (χ2v) is 8.02. The summed E-state index contributed by atoms with van der Waals surface area (Å²) < 4.78 is 65.3. The molecule has 0 aliphatic carbocycles. The summed E-state index contributed by atoms with van der Waals surface area (Å²) in [5, 5.41) is 18.0. The van der Waals surface area contributed by atoms with Crippen molar-refractivity contribution in [3.8, 4) is 11.3 Å². The largest absolute Gasteiger partial charge is 0.416 e. The predicted molar refractivity (Wildman–Crippen MR) is 126 cm³/mol. The van der Waals surface area contributed by atoms with E-state index in [0.717, 1.165) is 16.8 Å². The van der Waals surface area contributed by atoms with Crippen molar-refractivity contribution in [3.05, 3.63) is 83.9 Å². The highest BCUT2D eigenvalue weighted by Gasteiger charge is 2.31. The first kappa shape index (κ1) is 24.8. The molecular weight excluding hydrogens is 481 g/mol. The zero-order valence-electron chi connectivity index (χ0n) is 18.8. The molecule has 186 valence electrons. The zero-order chi connectivity index (χ0) is 25.9. The molecular formula is C25H20F5N5O. The number of aromatic nitrogens is 2. The topological polar surface area (TPSA) is 78.9 Å². The maximum absolute atomic E-state index is 14.0. The number of rotatable bonds is 6. The van der Waals surface area contributed by atoms with E-state index in [1.165, 1.54) is 12.1 Å². The highest BCUT2D eigenvalue weighted by atomic mass is 19.4. The molecule has 0 unspecified atom stereocenters. The summed E-state index contributed by atoms with van der Waals surface area (Å²) in [5.74, 6) is -1.10. The standard InChI is InChI=1S/C25H20F5N5O/c1-14(13-31-24(36)33-21-11-8-16(12-20(21)27)25(28,29)30)32-23-19-5-3-2-4-18(19)22(34-35-23)15-6-9-17(26)10-7-15/h2-12,14H,13H2,1H3,(H,32,35)(H2,31,33,36)/t14-/m0/s1. The number of nitrogens with one attached hydrogen (secondary N) is 3. The first-order valence-electron chi connectivity index (χ1n) is 10.8. The third-order valence-electron chi connectivity index (χ3n) is 5.30. The van der Waals surface area contributed by atoms with E-state index < -0.39 is 23.6 Å². The molecule has 0 bridgehead atoms. The monoisotopic (exact) mass is 501 g/mol. The maximum Gasteiger partial charge on any atom is 0.416 e. The van der Waals surface area contributed by atoms with E-state index in [2.05, 4.69) is 26.1 Å². The summed E-state index contributed by atoms with van der Waals surface area (Å²) in [6.45, 7) is 1.85. The van der Waals surface area contributed by atoms with Crippen molar-refractivity contribution in [1.82, 2.24) is 15.5 Å². The van der Waals surface area contributed by atoms with E-state index in [4.69, 9.17) is 0 Å². The molecule has 4 rings (SSSR count). The molecule has 1 aromatic heterocycles. The van der Waals surface area contributed by atoms with Gasteiger partial charge in [-0.15, -0.1) is 10.2 Å². The highest BCUT2D eigenvalue weighted by Crippen LogP contribution is 2.32. The second-order valence-electron chi connectivity index (χ2n) is 8.02. The van der Waals surface area contributed by atoms with Gasteiger partial charge >= 0.3 is 12.2 Å². The molecule has 2 amide bonds. The van der Waals surface area contributed by atoms with Crippen LogP contribution in [0.25, 0.3) is 22.0 Å². The first-order valence-corrected chi connectivity index (χ1v) is 10.8. The Hall–Kier alpha value is -4.28. The van der Waals surface area contributed by atoms with Gasteiger partial charge in [-0.3, -0.25) is 0 Å². The lowest BCUT2D eigenvalue weighted by atomic mass is 10.0. The van der Waals surface area contributed by atoms with Crippen LogP contribution >= 0.6 is 0 Å². The van der Waals surface area contributed by atoms with Crippen LogP contribution in [-0.4, -0.2) is 28.8 Å². The lowest BCUT2D eigenvalue weighted by Gasteiger charge is -2.17. The molecule has 1 heterocycles. The third kappa shape index (κ3) is 5.68. The van der Waals surface area contributed by atoms with Gasteiger partial charge in [-0.25, -0.2) is 13.6 Å². The number of carbonyl (C=O) groups is 1. The zero-order valence-corrected chi connectivity index (χ0v) is 18.8. The quantitative estimate of drug-likeness (QED) is 0.274. The Morgan fingerprint density at radius 1 is 0.944 bits per heavy atom. The minimum Gasteiger partial charge on any atom is -0.364 e. The van der Waals surface area contributed by atoms with Crippen LogP contribution in [-0.2, 0) is 6.18 Å². The van der Waals surface area contributed by atoms with Crippen molar-refractivity contribution in [2.75, 3.05) is 17.2 Å². The van der Waals surface area contributed by atoms with Crippen molar-refractivity contribution in [1.29, 1.82) is 0 Å². The number of fused-ring (bicyclic) bond motifs is 1. The fourth-order valence-corrected chi connectivity index (χ4v) is 3.52. The summed E-state index contributed by atoms with van der Waals surface area (Å²) in [7, 11) is 0. The molecule has 0 saturated heterocycles. The minimum atomic E-state index is -4.69. The minimum absolute atomic E-state index is 0.0871. The normalized spacial score (nSPS) is 12.3. The van der Waals surface area contributed by atoms with Crippen LogP contribution in [0.4, 0.5) is 38.3 Å². The van der Waals surface area contributed by atoms with Gasteiger partial charge in [0.25, 0.3) is 0 Å². The van der Waals surface area contributed by atoms with Crippen molar-refractivity contribution in [2.24, 2.45) is 0 Å². The molecule has 0 saturated carbocycles. The number of amides is 2. The highest BCUT2D eigenvalue weighted by molar-refractivity contribution is 6.00. The summed E-state index contributed by atoms with van der Waals surface area (Å²) in [5.41, 5.74) is -0.245.